The van der Waals surface area contributed by atoms with Crippen molar-refractivity contribution >= 4 is 5.91 Å². The van der Waals surface area contributed by atoms with E-state index in [0.717, 1.165) is 58.3 Å². The van der Waals surface area contributed by atoms with Crippen molar-refractivity contribution in [1.82, 2.24) is 35.0 Å². The van der Waals surface area contributed by atoms with E-state index in [1.165, 1.54) is 38.8 Å². The lowest BCUT2D eigenvalue weighted by molar-refractivity contribution is 0.0730. The standard InChI is InChI=1S/C20H33N7O/c28-20(19-15-27(23-22-19)10-9-24-7-5-21-6-8-24)26-13-17-3-4-18(14-26)25(12-17)11-16-1-2-16/h15-18,21H,1-14H2. The van der Waals surface area contributed by atoms with E-state index in [4.69, 9.17) is 0 Å². The number of aromatic nitrogens is 3. The van der Waals surface area contributed by atoms with Crippen molar-refractivity contribution < 1.29 is 4.79 Å². The van der Waals surface area contributed by atoms with Gasteiger partial charge in [0, 0.05) is 64.9 Å². The Bertz CT molecular complexity index is 682. The topological polar surface area (TPSA) is 69.5 Å². The molecule has 5 aliphatic rings. The second-order valence-electron chi connectivity index (χ2n) is 9.16. The molecule has 1 amide bonds. The minimum Gasteiger partial charge on any atom is -0.335 e. The molecule has 1 aromatic heterocycles. The number of nitrogens with zero attached hydrogens (tertiary/aromatic N) is 6. The maximum absolute atomic E-state index is 13.1. The predicted octanol–water partition coefficient (Wildman–Crippen LogP) is 0.130. The molecule has 154 valence electrons. The smallest absolute Gasteiger partial charge is 0.276 e. The zero-order valence-corrected chi connectivity index (χ0v) is 16.8. The van der Waals surface area contributed by atoms with Crippen LogP contribution in [0.5, 0.6) is 0 Å². The lowest BCUT2D eigenvalue weighted by atomic mass is 9.95. The van der Waals surface area contributed by atoms with Crippen LogP contribution in [0.4, 0.5) is 0 Å². The monoisotopic (exact) mass is 387 g/mol. The van der Waals surface area contributed by atoms with Crippen LogP contribution >= 0.6 is 0 Å². The molecule has 1 saturated carbocycles. The van der Waals surface area contributed by atoms with Crippen molar-refractivity contribution in [2.75, 3.05) is 58.9 Å². The molecule has 6 rings (SSSR count). The fourth-order valence-electron chi connectivity index (χ4n) is 5.05. The van der Waals surface area contributed by atoms with E-state index in [-0.39, 0.29) is 5.91 Å². The second-order valence-corrected chi connectivity index (χ2v) is 9.16. The number of piperazine rings is 1. The number of nitrogens with one attached hydrogen (secondary N) is 1. The number of carbonyl (C=O) groups excluding carboxylic acids is 1. The number of carbonyl (C=O) groups is 1. The van der Waals surface area contributed by atoms with Gasteiger partial charge in [0.25, 0.3) is 5.91 Å². The Morgan fingerprint density at radius 1 is 1.07 bits per heavy atom. The zero-order chi connectivity index (χ0) is 18.9. The molecule has 2 unspecified atom stereocenters. The second kappa shape index (κ2) is 8.08. The maximum atomic E-state index is 13.1. The lowest BCUT2D eigenvalue weighted by Gasteiger charge is -2.36. The van der Waals surface area contributed by atoms with E-state index in [2.05, 4.69) is 30.3 Å². The average molecular weight is 388 g/mol. The van der Waals surface area contributed by atoms with Crippen LogP contribution < -0.4 is 5.32 Å². The summed E-state index contributed by atoms with van der Waals surface area (Å²) < 4.78 is 1.83. The third kappa shape index (κ3) is 4.23. The van der Waals surface area contributed by atoms with Crippen molar-refractivity contribution in [3.05, 3.63) is 11.9 Å². The molecule has 8 heteroatoms. The third-order valence-corrected chi connectivity index (χ3v) is 6.92. The van der Waals surface area contributed by atoms with Crippen LogP contribution in [0, 0.1) is 11.8 Å². The summed E-state index contributed by atoms with van der Waals surface area (Å²) in [6.45, 7) is 10.2. The number of hydrogen-bond donors (Lipinski definition) is 1. The van der Waals surface area contributed by atoms with Gasteiger partial charge in [0.2, 0.25) is 0 Å². The van der Waals surface area contributed by atoms with Gasteiger partial charge >= 0.3 is 0 Å². The molecule has 28 heavy (non-hydrogen) atoms. The van der Waals surface area contributed by atoms with Crippen LogP contribution in [-0.4, -0.2) is 101 Å². The predicted molar refractivity (Wildman–Crippen MR) is 106 cm³/mol. The first-order valence-electron chi connectivity index (χ1n) is 11.1. The third-order valence-electron chi connectivity index (χ3n) is 6.92. The Hall–Kier alpha value is -1.51. The highest BCUT2D eigenvalue weighted by molar-refractivity contribution is 5.92. The van der Waals surface area contributed by atoms with Crippen LogP contribution in [0.3, 0.4) is 0 Å². The van der Waals surface area contributed by atoms with Crippen LogP contribution in [0.1, 0.15) is 36.2 Å². The van der Waals surface area contributed by atoms with Gasteiger partial charge in [-0.1, -0.05) is 5.21 Å². The van der Waals surface area contributed by atoms with E-state index in [9.17, 15) is 4.79 Å². The van der Waals surface area contributed by atoms with E-state index < -0.39 is 0 Å². The number of piperidine rings is 1. The van der Waals surface area contributed by atoms with Gasteiger partial charge in [-0.3, -0.25) is 19.3 Å². The van der Waals surface area contributed by atoms with Crippen molar-refractivity contribution in [1.29, 1.82) is 0 Å². The summed E-state index contributed by atoms with van der Waals surface area (Å²) in [6, 6.07) is 0.533. The summed E-state index contributed by atoms with van der Waals surface area (Å²) in [7, 11) is 0. The summed E-state index contributed by atoms with van der Waals surface area (Å²) in [5.74, 6) is 1.60. The maximum Gasteiger partial charge on any atom is 0.276 e. The summed E-state index contributed by atoms with van der Waals surface area (Å²) in [6.07, 6.45) is 7.13. The summed E-state index contributed by atoms with van der Waals surface area (Å²) in [5, 5.41) is 11.8. The van der Waals surface area contributed by atoms with Gasteiger partial charge in [-0.15, -0.1) is 5.10 Å². The Kier molecular flexibility index (Phi) is 5.34. The Labute approximate surface area is 167 Å². The Morgan fingerprint density at radius 2 is 1.93 bits per heavy atom. The first-order valence-corrected chi connectivity index (χ1v) is 11.1. The van der Waals surface area contributed by atoms with Crippen molar-refractivity contribution in [3.63, 3.8) is 0 Å². The molecule has 0 radical (unpaired) electrons. The van der Waals surface area contributed by atoms with E-state index in [0.29, 0.717) is 17.7 Å². The van der Waals surface area contributed by atoms with Crippen LogP contribution in [0.25, 0.3) is 0 Å². The largest absolute Gasteiger partial charge is 0.335 e. The number of hydrogen-bond acceptors (Lipinski definition) is 6. The average Bonchev–Trinajstić information content (AvgIpc) is 3.48. The summed E-state index contributed by atoms with van der Waals surface area (Å²) >= 11 is 0. The molecule has 2 atom stereocenters. The van der Waals surface area contributed by atoms with E-state index in [1.54, 1.807) is 0 Å². The van der Waals surface area contributed by atoms with Gasteiger partial charge in [-0.05, 0) is 37.5 Å². The van der Waals surface area contributed by atoms with Gasteiger partial charge in [0.15, 0.2) is 5.69 Å². The van der Waals surface area contributed by atoms with E-state index >= 15 is 0 Å². The summed E-state index contributed by atoms with van der Waals surface area (Å²) in [4.78, 5) is 20.3. The zero-order valence-electron chi connectivity index (χ0n) is 16.8. The summed E-state index contributed by atoms with van der Waals surface area (Å²) in [5.41, 5.74) is 0.510. The van der Waals surface area contributed by atoms with E-state index in [1.807, 2.05) is 10.9 Å². The fourth-order valence-corrected chi connectivity index (χ4v) is 5.05. The number of amides is 1. The minimum atomic E-state index is 0.0681. The molecule has 2 bridgehead atoms. The molecule has 0 aromatic carbocycles. The molecule has 1 aliphatic carbocycles. The SMILES string of the molecule is O=C(c1cn(CCN2CCNCC2)nn1)N1CC2CCC(C1)N(CC1CC1)C2. The normalized spacial score (nSPS) is 29.2. The highest BCUT2D eigenvalue weighted by Gasteiger charge is 2.39. The molecule has 0 spiro atoms. The number of fused-ring (bicyclic) bond motifs is 4. The van der Waals surface area contributed by atoms with Crippen LogP contribution in [-0.2, 0) is 6.54 Å². The molecular formula is C20H33N7O. The highest BCUT2D eigenvalue weighted by atomic mass is 16.2. The van der Waals surface area contributed by atoms with Crippen molar-refractivity contribution in [2.24, 2.45) is 11.8 Å². The highest BCUT2D eigenvalue weighted by Crippen LogP contribution is 2.35. The van der Waals surface area contributed by atoms with Gasteiger partial charge in [-0.25, -0.2) is 0 Å². The molecule has 5 fully saturated rings. The van der Waals surface area contributed by atoms with Crippen molar-refractivity contribution in [3.8, 4) is 0 Å². The van der Waals surface area contributed by atoms with Crippen LogP contribution in [0.2, 0.25) is 0 Å². The van der Waals surface area contributed by atoms with Gasteiger partial charge < -0.3 is 10.2 Å². The first-order chi connectivity index (χ1) is 13.7. The Morgan fingerprint density at radius 3 is 2.75 bits per heavy atom. The molecule has 8 nitrogen and oxygen atoms in total. The minimum absolute atomic E-state index is 0.0681. The first kappa shape index (κ1) is 18.5. The molecule has 4 aliphatic heterocycles. The molecule has 5 heterocycles. The molecule has 1 aromatic rings. The van der Waals surface area contributed by atoms with Gasteiger partial charge in [0.1, 0.15) is 0 Å². The number of rotatable bonds is 6. The van der Waals surface area contributed by atoms with Gasteiger partial charge in [-0.2, -0.15) is 0 Å². The molecule has 1 N–H and O–H groups in total. The lowest BCUT2D eigenvalue weighted by Crippen LogP contribution is -2.45. The Balaban J connectivity index is 1.18. The molecule has 4 saturated heterocycles. The molecular weight excluding hydrogens is 354 g/mol. The van der Waals surface area contributed by atoms with Gasteiger partial charge in [0.05, 0.1) is 12.7 Å². The van der Waals surface area contributed by atoms with Crippen LogP contribution in [0.15, 0.2) is 6.20 Å². The fraction of sp³-hybridized carbons (Fsp3) is 0.850. The quantitative estimate of drug-likeness (QED) is 0.748. The van der Waals surface area contributed by atoms with Crippen molar-refractivity contribution in [2.45, 2.75) is 38.3 Å².